The van der Waals surface area contributed by atoms with Gasteiger partial charge < -0.3 is 15.5 Å². The topological polar surface area (TPSA) is 78.5 Å². The zero-order chi connectivity index (χ0) is 20.7. The summed E-state index contributed by atoms with van der Waals surface area (Å²) in [6, 6.07) is 10.9. The van der Waals surface area contributed by atoms with E-state index in [0.717, 1.165) is 17.7 Å². The molecule has 6 nitrogen and oxygen atoms in total. The van der Waals surface area contributed by atoms with Gasteiger partial charge in [0.15, 0.2) is 0 Å². The fraction of sp³-hybridized carbons (Fsp3) is 0.318. The lowest BCUT2D eigenvalue weighted by atomic mass is 9.89. The van der Waals surface area contributed by atoms with Crippen LogP contribution in [0.3, 0.4) is 0 Å². The zero-order valence-corrected chi connectivity index (χ0v) is 16.2. The Morgan fingerprint density at radius 3 is 2.76 bits per heavy atom. The Labute approximate surface area is 168 Å². The van der Waals surface area contributed by atoms with Crippen molar-refractivity contribution in [1.82, 2.24) is 5.32 Å². The van der Waals surface area contributed by atoms with Crippen LogP contribution in [0, 0.1) is 5.82 Å². The molecular formula is C22H22FN3O3. The summed E-state index contributed by atoms with van der Waals surface area (Å²) in [4.78, 5) is 39.7. The number of benzene rings is 2. The molecule has 2 aromatic rings. The van der Waals surface area contributed by atoms with Gasteiger partial charge in [-0.3, -0.25) is 14.4 Å². The number of nitrogens with zero attached hydrogens (tertiary/aromatic N) is 1. The van der Waals surface area contributed by atoms with Crippen molar-refractivity contribution in [3.8, 4) is 0 Å². The van der Waals surface area contributed by atoms with Crippen LogP contribution < -0.4 is 15.5 Å². The number of para-hydroxylation sites is 1. The van der Waals surface area contributed by atoms with Crippen molar-refractivity contribution in [2.75, 3.05) is 10.2 Å². The first-order valence-electron chi connectivity index (χ1n) is 9.66. The summed E-state index contributed by atoms with van der Waals surface area (Å²) in [6.07, 6.45) is 0.721. The van der Waals surface area contributed by atoms with Crippen molar-refractivity contribution in [3.63, 3.8) is 0 Å². The number of amides is 3. The third-order valence-corrected chi connectivity index (χ3v) is 5.54. The summed E-state index contributed by atoms with van der Waals surface area (Å²) in [6.45, 7) is 3.62. The normalized spacial score (nSPS) is 21.1. The van der Waals surface area contributed by atoms with Crippen LogP contribution >= 0.6 is 0 Å². The van der Waals surface area contributed by atoms with Gasteiger partial charge in [0.05, 0.1) is 5.92 Å². The van der Waals surface area contributed by atoms with E-state index in [1.165, 1.54) is 18.2 Å². The van der Waals surface area contributed by atoms with Gasteiger partial charge >= 0.3 is 0 Å². The monoisotopic (exact) mass is 395 g/mol. The van der Waals surface area contributed by atoms with E-state index >= 15 is 0 Å². The highest BCUT2D eigenvalue weighted by atomic mass is 19.1. The second-order valence-corrected chi connectivity index (χ2v) is 7.66. The predicted octanol–water partition coefficient (Wildman–Crippen LogP) is 2.73. The Balaban J connectivity index is 1.52. The molecule has 0 saturated heterocycles. The molecule has 4 rings (SSSR count). The number of hydrogen-bond acceptors (Lipinski definition) is 3. The molecule has 2 aromatic carbocycles. The molecule has 29 heavy (non-hydrogen) atoms. The summed E-state index contributed by atoms with van der Waals surface area (Å²) in [5.74, 6) is -2.23. The van der Waals surface area contributed by atoms with E-state index in [9.17, 15) is 18.8 Å². The fourth-order valence-electron chi connectivity index (χ4n) is 4.16. The summed E-state index contributed by atoms with van der Waals surface area (Å²) in [7, 11) is 0. The lowest BCUT2D eigenvalue weighted by Gasteiger charge is -2.29. The summed E-state index contributed by atoms with van der Waals surface area (Å²) in [5, 5.41) is 5.34. The molecule has 0 fully saturated rings. The maximum absolute atomic E-state index is 13.5. The summed E-state index contributed by atoms with van der Waals surface area (Å²) in [5.41, 5.74) is 2.81. The van der Waals surface area contributed by atoms with Crippen LogP contribution in [0.1, 0.15) is 37.3 Å². The Hall–Kier alpha value is -3.22. The number of fused-ring (bicyclic) bond motifs is 2. The number of carbonyl (C=O) groups excluding carboxylic acids is 3. The Morgan fingerprint density at radius 1 is 1.21 bits per heavy atom. The predicted molar refractivity (Wildman–Crippen MR) is 107 cm³/mol. The third kappa shape index (κ3) is 3.48. The average Bonchev–Trinajstić information content (AvgIpc) is 3.01. The maximum Gasteiger partial charge on any atom is 0.249 e. The quantitative estimate of drug-likeness (QED) is 0.839. The lowest BCUT2D eigenvalue weighted by molar-refractivity contribution is -0.129. The first-order valence-corrected chi connectivity index (χ1v) is 9.66. The van der Waals surface area contributed by atoms with Gasteiger partial charge in [-0.05, 0) is 49.6 Å². The number of hydrogen-bond donors (Lipinski definition) is 2. The number of carbonyl (C=O) groups is 3. The molecule has 0 aromatic heterocycles. The molecule has 3 atom stereocenters. The second kappa shape index (κ2) is 7.31. The van der Waals surface area contributed by atoms with Gasteiger partial charge in [0.25, 0.3) is 0 Å². The summed E-state index contributed by atoms with van der Waals surface area (Å²) < 4.78 is 13.5. The largest absolute Gasteiger partial charge is 0.344 e. The molecule has 2 aliphatic rings. The highest BCUT2D eigenvalue weighted by molar-refractivity contribution is 6.04. The molecule has 2 aliphatic heterocycles. The van der Waals surface area contributed by atoms with E-state index in [0.29, 0.717) is 11.3 Å². The van der Waals surface area contributed by atoms with Crippen LogP contribution in [0.4, 0.5) is 15.8 Å². The van der Waals surface area contributed by atoms with E-state index in [4.69, 9.17) is 0 Å². The second-order valence-electron chi connectivity index (χ2n) is 7.66. The number of anilines is 2. The van der Waals surface area contributed by atoms with Gasteiger partial charge in [0, 0.05) is 23.8 Å². The van der Waals surface area contributed by atoms with Gasteiger partial charge in [0.1, 0.15) is 11.9 Å². The smallest absolute Gasteiger partial charge is 0.249 e. The van der Waals surface area contributed by atoms with E-state index in [-0.39, 0.29) is 24.3 Å². The van der Waals surface area contributed by atoms with Crippen molar-refractivity contribution in [2.24, 2.45) is 0 Å². The lowest BCUT2D eigenvalue weighted by Crippen LogP contribution is -2.50. The number of halogens is 1. The molecule has 0 saturated carbocycles. The molecule has 0 aliphatic carbocycles. The first kappa shape index (κ1) is 19.1. The highest BCUT2D eigenvalue weighted by Crippen LogP contribution is 2.34. The van der Waals surface area contributed by atoms with Gasteiger partial charge in [0.2, 0.25) is 17.7 Å². The minimum Gasteiger partial charge on any atom is -0.344 e. The Bertz CT molecular complexity index is 1010. The zero-order valence-electron chi connectivity index (χ0n) is 16.2. The van der Waals surface area contributed by atoms with Crippen LogP contribution in [0.25, 0.3) is 0 Å². The average molecular weight is 395 g/mol. The molecule has 3 amide bonds. The third-order valence-electron chi connectivity index (χ3n) is 5.54. The van der Waals surface area contributed by atoms with Crippen molar-refractivity contribution in [2.45, 2.75) is 44.7 Å². The van der Waals surface area contributed by atoms with Crippen molar-refractivity contribution in [3.05, 3.63) is 59.4 Å². The Morgan fingerprint density at radius 2 is 1.97 bits per heavy atom. The SMILES string of the molecule is CC(NC(=O)C1CC(=O)Nc2cc(F)ccc21)C(=O)N1c2ccccc2CC1C. The van der Waals surface area contributed by atoms with Crippen LogP contribution in [-0.4, -0.2) is 29.8 Å². The summed E-state index contributed by atoms with van der Waals surface area (Å²) >= 11 is 0. The van der Waals surface area contributed by atoms with Gasteiger partial charge in [-0.15, -0.1) is 0 Å². The molecule has 2 heterocycles. The standard InChI is InChI=1S/C22H22FN3O3/c1-12-9-14-5-3-4-6-19(14)26(12)22(29)13(2)24-21(28)17-11-20(27)25-18-10-15(23)7-8-16(17)18/h3-8,10,12-13,17H,9,11H2,1-2H3,(H,24,28)(H,25,27). The van der Waals surface area contributed by atoms with Gasteiger partial charge in [-0.25, -0.2) is 4.39 Å². The number of nitrogens with one attached hydrogen (secondary N) is 2. The number of rotatable bonds is 3. The van der Waals surface area contributed by atoms with E-state index in [1.54, 1.807) is 11.8 Å². The molecule has 0 spiro atoms. The van der Waals surface area contributed by atoms with Crippen molar-refractivity contribution >= 4 is 29.1 Å². The highest BCUT2D eigenvalue weighted by Gasteiger charge is 2.36. The first-order chi connectivity index (χ1) is 13.8. The van der Waals surface area contributed by atoms with E-state index < -0.39 is 23.7 Å². The van der Waals surface area contributed by atoms with Crippen LogP contribution in [0.2, 0.25) is 0 Å². The minimum absolute atomic E-state index is 0.00316. The van der Waals surface area contributed by atoms with Crippen molar-refractivity contribution in [1.29, 1.82) is 0 Å². The molecule has 3 unspecified atom stereocenters. The van der Waals surface area contributed by atoms with Gasteiger partial charge in [-0.1, -0.05) is 24.3 Å². The van der Waals surface area contributed by atoms with Crippen LogP contribution in [-0.2, 0) is 20.8 Å². The maximum atomic E-state index is 13.5. The Kier molecular flexibility index (Phi) is 4.82. The van der Waals surface area contributed by atoms with E-state index in [2.05, 4.69) is 10.6 Å². The minimum atomic E-state index is -0.766. The molecule has 2 N–H and O–H groups in total. The molecule has 0 radical (unpaired) electrons. The van der Waals surface area contributed by atoms with Crippen LogP contribution in [0.15, 0.2) is 42.5 Å². The molecular weight excluding hydrogens is 373 g/mol. The fourth-order valence-corrected chi connectivity index (χ4v) is 4.16. The molecule has 150 valence electrons. The van der Waals surface area contributed by atoms with Gasteiger partial charge in [-0.2, -0.15) is 0 Å². The molecule has 0 bridgehead atoms. The van der Waals surface area contributed by atoms with E-state index in [1.807, 2.05) is 31.2 Å². The molecule has 7 heteroatoms. The van der Waals surface area contributed by atoms with Crippen molar-refractivity contribution < 1.29 is 18.8 Å². The van der Waals surface area contributed by atoms with Crippen LogP contribution in [0.5, 0.6) is 0 Å².